The summed E-state index contributed by atoms with van der Waals surface area (Å²) in [7, 11) is 0. The molecule has 2 aromatic rings. The van der Waals surface area contributed by atoms with Gasteiger partial charge in [0, 0.05) is 19.6 Å². The van der Waals surface area contributed by atoms with Crippen LogP contribution in [0.25, 0.3) is 0 Å². The molecule has 0 spiro atoms. The van der Waals surface area contributed by atoms with E-state index in [-0.39, 0.29) is 12.0 Å². The number of ether oxygens (including phenoxy) is 1. The molecule has 1 heterocycles. The molecule has 0 bridgehead atoms. The van der Waals surface area contributed by atoms with Gasteiger partial charge in [-0.25, -0.2) is 0 Å². The third-order valence-electron chi connectivity index (χ3n) is 5.20. The van der Waals surface area contributed by atoms with Gasteiger partial charge in [0.15, 0.2) is 0 Å². The van der Waals surface area contributed by atoms with E-state index in [9.17, 15) is 4.79 Å². The highest BCUT2D eigenvalue weighted by molar-refractivity contribution is 5.78. The third-order valence-corrected chi connectivity index (χ3v) is 5.20. The Morgan fingerprint density at radius 2 is 1.59 bits per heavy atom. The summed E-state index contributed by atoms with van der Waals surface area (Å²) >= 11 is 0. The van der Waals surface area contributed by atoms with Gasteiger partial charge in [-0.1, -0.05) is 60.7 Å². The highest BCUT2D eigenvalue weighted by Crippen LogP contribution is 2.39. The Labute approximate surface area is 162 Å². The van der Waals surface area contributed by atoms with E-state index >= 15 is 0 Å². The van der Waals surface area contributed by atoms with Crippen LogP contribution in [0.2, 0.25) is 0 Å². The molecule has 1 saturated heterocycles. The quantitative estimate of drug-likeness (QED) is 0.819. The molecule has 27 heavy (non-hydrogen) atoms. The van der Waals surface area contributed by atoms with Crippen LogP contribution < -0.4 is 5.73 Å². The summed E-state index contributed by atoms with van der Waals surface area (Å²) in [5.74, 6) is -0.181. The first kappa shape index (κ1) is 19.6. The Hall–Kier alpha value is -2.17. The maximum Gasteiger partial charge on any atom is 0.315 e. The molecule has 2 aromatic carbocycles. The molecule has 0 aromatic heterocycles. The summed E-state index contributed by atoms with van der Waals surface area (Å²) in [4.78, 5) is 15.3. The summed E-state index contributed by atoms with van der Waals surface area (Å²) in [6.45, 7) is 7.42. The van der Waals surface area contributed by atoms with Crippen LogP contribution in [0.1, 0.15) is 44.4 Å². The average Bonchev–Trinajstić information content (AvgIpc) is 3.08. The van der Waals surface area contributed by atoms with Crippen molar-refractivity contribution < 1.29 is 9.53 Å². The summed E-state index contributed by atoms with van der Waals surface area (Å²) in [6, 6.07) is 21.0. The molecule has 1 fully saturated rings. The van der Waals surface area contributed by atoms with Crippen LogP contribution in [-0.4, -0.2) is 36.1 Å². The first-order valence-corrected chi connectivity index (χ1v) is 9.62. The Bertz CT molecular complexity index is 715. The van der Waals surface area contributed by atoms with Crippen molar-refractivity contribution in [1.29, 1.82) is 0 Å². The number of carbonyl (C=O) groups is 1. The van der Waals surface area contributed by atoms with Crippen molar-refractivity contribution in [2.24, 2.45) is 11.1 Å². The molecular weight excluding hydrogens is 336 g/mol. The number of rotatable bonds is 5. The molecule has 0 aliphatic carbocycles. The summed E-state index contributed by atoms with van der Waals surface area (Å²) in [6.07, 6.45) is 0.717. The van der Waals surface area contributed by atoms with Crippen molar-refractivity contribution in [1.82, 2.24) is 4.90 Å². The van der Waals surface area contributed by atoms with E-state index in [4.69, 9.17) is 10.5 Å². The van der Waals surface area contributed by atoms with E-state index in [1.54, 1.807) is 0 Å². The lowest BCUT2D eigenvalue weighted by Gasteiger charge is -2.33. The van der Waals surface area contributed by atoms with Gasteiger partial charge in [0.25, 0.3) is 0 Å². The van der Waals surface area contributed by atoms with Crippen molar-refractivity contribution in [3.8, 4) is 0 Å². The van der Waals surface area contributed by atoms with Crippen molar-refractivity contribution in [2.45, 2.75) is 38.8 Å². The minimum atomic E-state index is -0.644. The number of nitrogens with zero attached hydrogens (tertiary/aromatic N) is 1. The first-order chi connectivity index (χ1) is 12.8. The number of nitrogens with two attached hydrogens (primary N) is 1. The Morgan fingerprint density at radius 3 is 2.04 bits per heavy atom. The zero-order valence-corrected chi connectivity index (χ0v) is 16.5. The zero-order valence-electron chi connectivity index (χ0n) is 16.5. The molecule has 4 heteroatoms. The van der Waals surface area contributed by atoms with Crippen LogP contribution in [0.3, 0.4) is 0 Å². The van der Waals surface area contributed by atoms with Crippen molar-refractivity contribution in [3.05, 3.63) is 71.8 Å². The minimum Gasteiger partial charge on any atom is -0.459 e. The SMILES string of the molecule is CC(C)(C)OC(=O)C1(CN)CCN(C(c2ccccc2)c2ccccc2)C1. The number of carbonyl (C=O) groups excluding carboxylic acids is 1. The second-order valence-corrected chi connectivity index (χ2v) is 8.43. The lowest BCUT2D eigenvalue weighted by atomic mass is 9.87. The molecular formula is C23H30N2O2. The number of esters is 1. The largest absolute Gasteiger partial charge is 0.459 e. The molecule has 0 saturated carbocycles. The van der Waals surface area contributed by atoms with Crippen molar-refractivity contribution in [2.75, 3.05) is 19.6 Å². The number of likely N-dealkylation sites (tertiary alicyclic amines) is 1. The van der Waals surface area contributed by atoms with Crippen LogP contribution >= 0.6 is 0 Å². The van der Waals surface area contributed by atoms with Gasteiger partial charge in [-0.15, -0.1) is 0 Å². The van der Waals surface area contributed by atoms with Crippen molar-refractivity contribution >= 4 is 5.97 Å². The van der Waals surface area contributed by atoms with Crippen LogP contribution in [0.4, 0.5) is 0 Å². The van der Waals surface area contributed by atoms with E-state index < -0.39 is 11.0 Å². The van der Waals surface area contributed by atoms with Gasteiger partial charge < -0.3 is 10.5 Å². The highest BCUT2D eigenvalue weighted by atomic mass is 16.6. The molecule has 0 radical (unpaired) electrons. The van der Waals surface area contributed by atoms with Gasteiger partial charge in [0.05, 0.1) is 11.5 Å². The summed E-state index contributed by atoms with van der Waals surface area (Å²) in [5, 5.41) is 0. The van der Waals surface area contributed by atoms with Crippen LogP contribution in [0, 0.1) is 5.41 Å². The lowest BCUT2D eigenvalue weighted by Crippen LogP contribution is -2.45. The minimum absolute atomic E-state index is 0.100. The molecule has 0 amide bonds. The molecule has 3 rings (SSSR count). The topological polar surface area (TPSA) is 55.6 Å². The van der Waals surface area contributed by atoms with Gasteiger partial charge in [-0.2, -0.15) is 0 Å². The monoisotopic (exact) mass is 366 g/mol. The van der Waals surface area contributed by atoms with E-state index in [0.29, 0.717) is 19.5 Å². The lowest BCUT2D eigenvalue weighted by molar-refractivity contribution is -0.166. The Morgan fingerprint density at radius 1 is 1.07 bits per heavy atom. The predicted octanol–water partition coefficient (Wildman–Crippen LogP) is 3.77. The normalized spacial score (nSPS) is 20.8. The number of benzene rings is 2. The second-order valence-electron chi connectivity index (χ2n) is 8.43. The fraction of sp³-hybridized carbons (Fsp3) is 0.435. The van der Waals surface area contributed by atoms with E-state index in [0.717, 1.165) is 6.54 Å². The average molecular weight is 367 g/mol. The van der Waals surface area contributed by atoms with E-state index in [1.165, 1.54) is 11.1 Å². The fourth-order valence-electron chi connectivity index (χ4n) is 3.81. The standard InChI is InChI=1S/C23H30N2O2/c1-22(2,3)27-21(26)23(16-24)14-15-25(17-23)20(18-10-6-4-7-11-18)19-12-8-5-9-13-19/h4-13,20H,14-17,24H2,1-3H3. The molecule has 1 unspecified atom stereocenters. The maximum absolute atomic E-state index is 12.9. The van der Waals surface area contributed by atoms with Gasteiger partial charge in [0.2, 0.25) is 0 Å². The smallest absolute Gasteiger partial charge is 0.315 e. The van der Waals surface area contributed by atoms with Gasteiger partial charge in [-0.05, 0) is 38.3 Å². The second kappa shape index (κ2) is 7.83. The molecule has 2 N–H and O–H groups in total. The first-order valence-electron chi connectivity index (χ1n) is 9.62. The Kier molecular flexibility index (Phi) is 5.68. The van der Waals surface area contributed by atoms with Crippen LogP contribution in [-0.2, 0) is 9.53 Å². The van der Waals surface area contributed by atoms with Gasteiger partial charge in [0.1, 0.15) is 5.60 Å². The van der Waals surface area contributed by atoms with E-state index in [2.05, 4.69) is 53.4 Å². The molecule has 1 aliphatic heterocycles. The van der Waals surface area contributed by atoms with Gasteiger partial charge in [-0.3, -0.25) is 9.69 Å². The predicted molar refractivity (Wildman–Crippen MR) is 108 cm³/mol. The third kappa shape index (κ3) is 4.40. The van der Waals surface area contributed by atoms with Crippen LogP contribution in [0.5, 0.6) is 0 Å². The summed E-state index contributed by atoms with van der Waals surface area (Å²) < 4.78 is 5.71. The number of hydrogen-bond donors (Lipinski definition) is 1. The number of hydrogen-bond acceptors (Lipinski definition) is 4. The molecule has 1 aliphatic rings. The van der Waals surface area contributed by atoms with E-state index in [1.807, 2.05) is 32.9 Å². The molecule has 144 valence electrons. The van der Waals surface area contributed by atoms with Crippen LogP contribution in [0.15, 0.2) is 60.7 Å². The highest BCUT2D eigenvalue weighted by Gasteiger charge is 2.47. The fourth-order valence-corrected chi connectivity index (χ4v) is 3.81. The molecule has 1 atom stereocenters. The zero-order chi connectivity index (χ0) is 19.5. The maximum atomic E-state index is 12.9. The molecule has 4 nitrogen and oxygen atoms in total. The van der Waals surface area contributed by atoms with Gasteiger partial charge >= 0.3 is 5.97 Å². The van der Waals surface area contributed by atoms with Crippen molar-refractivity contribution in [3.63, 3.8) is 0 Å². The Balaban J connectivity index is 1.90. The summed E-state index contributed by atoms with van der Waals surface area (Å²) in [5.41, 5.74) is 7.39.